The van der Waals surface area contributed by atoms with Crippen LogP contribution in [0.4, 0.5) is 0 Å². The van der Waals surface area contributed by atoms with E-state index in [1.807, 2.05) is 106 Å². The molecule has 6 heterocycles. The Hall–Kier alpha value is -6.57. The molecule has 0 aliphatic carbocycles. The number of nitrogens with two attached hydrogens (primary N) is 1. The van der Waals surface area contributed by atoms with Gasteiger partial charge in [0.05, 0.1) is 40.5 Å². The van der Waals surface area contributed by atoms with Crippen LogP contribution in [0.1, 0.15) is 105 Å². The fourth-order valence-electron chi connectivity index (χ4n) is 7.18. The maximum atomic E-state index is 12.9. The average Bonchev–Trinajstić information content (AvgIpc) is 3.93. The van der Waals surface area contributed by atoms with Crippen LogP contribution in [0.2, 0.25) is 0 Å². The van der Waals surface area contributed by atoms with Crippen molar-refractivity contribution in [3.05, 3.63) is 144 Å². The second-order valence-corrected chi connectivity index (χ2v) is 18.4. The van der Waals surface area contributed by atoms with E-state index in [4.69, 9.17) is 15.7 Å². The van der Waals surface area contributed by atoms with Crippen molar-refractivity contribution in [2.24, 2.45) is 5.73 Å². The van der Waals surface area contributed by atoms with Crippen molar-refractivity contribution in [2.75, 3.05) is 5.75 Å². The number of aldehydes is 2. The molecule has 0 fully saturated rings. The third-order valence-corrected chi connectivity index (χ3v) is 12.6. The zero-order valence-corrected chi connectivity index (χ0v) is 36.5. The summed E-state index contributed by atoms with van der Waals surface area (Å²) in [5.74, 6) is 1.95. The number of carbonyl (C=O) groups excluding carboxylic acids is 2. The minimum atomic E-state index is -0.944. The molecule has 6 aromatic heterocycles. The molecule has 8 rings (SSSR count). The molecule has 0 amide bonds. The van der Waals surface area contributed by atoms with Gasteiger partial charge in [0.2, 0.25) is 0 Å². The zero-order chi connectivity index (χ0) is 43.8. The highest BCUT2D eigenvalue weighted by Crippen LogP contribution is 2.30. The van der Waals surface area contributed by atoms with Crippen LogP contribution in [0, 0.1) is 0 Å². The summed E-state index contributed by atoms with van der Waals surface area (Å²) in [7, 11) is -0.944. The van der Waals surface area contributed by atoms with Crippen molar-refractivity contribution < 1.29 is 13.8 Å². The summed E-state index contributed by atoms with van der Waals surface area (Å²) in [6.07, 6.45) is 8.92. The van der Waals surface area contributed by atoms with E-state index in [2.05, 4.69) is 34.0 Å². The fourth-order valence-corrected chi connectivity index (χ4v) is 8.38. The number of hydrogen-bond donors (Lipinski definition) is 1. The smallest absolute Gasteiger partial charge is 0.168 e. The van der Waals surface area contributed by atoms with Crippen molar-refractivity contribution >= 4 is 45.2 Å². The number of pyridine rings is 4. The molecule has 12 nitrogen and oxygen atoms in total. The van der Waals surface area contributed by atoms with Crippen LogP contribution in [0.25, 0.3) is 56.0 Å². The van der Waals surface area contributed by atoms with E-state index in [0.29, 0.717) is 28.8 Å². The average molecular weight is 846 g/mol. The summed E-state index contributed by atoms with van der Waals surface area (Å²) in [6, 6.07) is 34.7. The van der Waals surface area contributed by atoms with Crippen molar-refractivity contribution in [3.63, 3.8) is 0 Å². The Balaban J connectivity index is 0.000000190. The number of fused-ring (bicyclic) bond motifs is 2. The predicted molar refractivity (Wildman–Crippen MR) is 247 cm³/mol. The molecule has 0 bridgehead atoms. The van der Waals surface area contributed by atoms with E-state index >= 15 is 0 Å². The largest absolute Gasteiger partial charge is 0.323 e. The first kappa shape index (κ1) is 43.5. The summed E-state index contributed by atoms with van der Waals surface area (Å²) in [4.78, 5) is 40.7. The van der Waals surface area contributed by atoms with Gasteiger partial charge in [-0.05, 0) is 94.3 Å². The van der Waals surface area contributed by atoms with Gasteiger partial charge in [0, 0.05) is 60.9 Å². The maximum absolute atomic E-state index is 12.9. The number of carbonyl (C=O) groups is 2. The van der Waals surface area contributed by atoms with Gasteiger partial charge in [0.15, 0.2) is 24.2 Å². The second kappa shape index (κ2) is 19.4. The number of rotatable bonds is 14. The van der Waals surface area contributed by atoms with Gasteiger partial charge < -0.3 is 5.73 Å². The Kier molecular flexibility index (Phi) is 13.6. The summed E-state index contributed by atoms with van der Waals surface area (Å²) in [5, 5.41) is 10.9. The molecule has 0 spiro atoms. The molecule has 0 aliphatic heterocycles. The molecule has 0 saturated carbocycles. The van der Waals surface area contributed by atoms with Crippen LogP contribution in [-0.2, 0) is 10.8 Å². The number of hydrogen-bond acceptors (Lipinski definition) is 10. The van der Waals surface area contributed by atoms with Crippen LogP contribution < -0.4 is 5.73 Å². The Morgan fingerprint density at radius 1 is 0.629 bits per heavy atom. The summed E-state index contributed by atoms with van der Waals surface area (Å²) in [5.41, 5.74) is 14.3. The molecule has 0 radical (unpaired) electrons. The lowest BCUT2D eigenvalue weighted by molar-refractivity contribution is 0.111. The number of benzene rings is 2. The van der Waals surface area contributed by atoms with Gasteiger partial charge in [-0.1, -0.05) is 75.2 Å². The Bertz CT molecular complexity index is 2860. The molecule has 62 heavy (non-hydrogen) atoms. The highest BCUT2D eigenvalue weighted by Gasteiger charge is 2.25. The molecular weight excluding hydrogens is 795 g/mol. The normalized spacial score (nSPS) is 13.0. The van der Waals surface area contributed by atoms with E-state index < -0.39 is 10.8 Å². The molecule has 0 aliphatic rings. The van der Waals surface area contributed by atoms with E-state index in [0.717, 1.165) is 94.0 Å². The van der Waals surface area contributed by atoms with Crippen LogP contribution in [0.5, 0.6) is 0 Å². The molecule has 13 heteroatoms. The molecule has 0 saturated heterocycles. The van der Waals surface area contributed by atoms with Crippen LogP contribution >= 0.6 is 0 Å². The minimum absolute atomic E-state index is 0.0607. The topological polar surface area (TPSA) is 164 Å². The first-order chi connectivity index (χ1) is 30.0. The lowest BCUT2D eigenvalue weighted by Crippen LogP contribution is -2.27. The molecule has 2 N–H and O–H groups in total. The van der Waals surface area contributed by atoms with Crippen LogP contribution in [0.15, 0.2) is 122 Å². The third kappa shape index (κ3) is 9.96. The van der Waals surface area contributed by atoms with Gasteiger partial charge in [-0.3, -0.25) is 23.8 Å². The lowest BCUT2D eigenvalue weighted by atomic mass is 10.00. The maximum Gasteiger partial charge on any atom is 0.168 e. The molecule has 0 unspecified atom stereocenters. The van der Waals surface area contributed by atoms with Crippen molar-refractivity contribution in [3.8, 4) is 34.2 Å². The van der Waals surface area contributed by atoms with E-state index in [9.17, 15) is 13.8 Å². The number of nitrogens with zero attached hydrogens (tertiary/aromatic N) is 8. The SMILES string of the molecule is CCC[C@H](C[S@@](=O)C(C)(C)C)c1cccc(-c2ccc3cnn(-c4cccc(C=O)n4)c3c2)n1.CCC[C@H](N)c1cccc(-c2ccc3cnn(-c4cccc(C=O)n4)c3c2)n1. The zero-order valence-electron chi connectivity index (χ0n) is 35.7. The summed E-state index contributed by atoms with van der Waals surface area (Å²) < 4.78 is 16.1. The molecule has 8 aromatic rings. The van der Waals surface area contributed by atoms with Gasteiger partial charge >= 0.3 is 0 Å². The van der Waals surface area contributed by atoms with E-state index in [-0.39, 0.29) is 16.7 Å². The molecule has 2 aromatic carbocycles. The van der Waals surface area contributed by atoms with E-state index in [1.54, 1.807) is 46.0 Å². The van der Waals surface area contributed by atoms with Crippen molar-refractivity contribution in [2.45, 2.75) is 77.0 Å². The predicted octanol–water partition coefficient (Wildman–Crippen LogP) is 9.82. The van der Waals surface area contributed by atoms with Gasteiger partial charge in [-0.15, -0.1) is 0 Å². The number of aromatic nitrogens is 8. The van der Waals surface area contributed by atoms with Gasteiger partial charge in [-0.25, -0.2) is 19.3 Å². The van der Waals surface area contributed by atoms with Crippen molar-refractivity contribution in [1.82, 2.24) is 39.5 Å². The van der Waals surface area contributed by atoms with Gasteiger partial charge in [0.25, 0.3) is 0 Å². The monoisotopic (exact) mass is 845 g/mol. The highest BCUT2D eigenvalue weighted by atomic mass is 32.2. The lowest BCUT2D eigenvalue weighted by Gasteiger charge is -2.23. The van der Waals surface area contributed by atoms with E-state index in [1.165, 1.54) is 0 Å². The molecule has 316 valence electrons. The van der Waals surface area contributed by atoms with Crippen LogP contribution in [0.3, 0.4) is 0 Å². The molecule has 3 atom stereocenters. The standard InChI is InChI=1S/C27H30N4O2S.C22H21N5O/c1-5-8-21(18-34(33)27(2,3)4)24-11-7-10-23(30-24)19-13-14-20-16-28-31(25(20)15-19)26-12-6-9-22(17-32)29-26;1-2-5-18(23)20-8-4-7-19(26-20)15-10-11-16-13-24-27(21(16)12-15)22-9-3-6-17(14-28)25-22/h6-7,9-17,21H,5,8,18H2,1-4H3;3-4,6-14,18H,2,5,23H2,1H3/t21-,34-;18-/m10/s1. The highest BCUT2D eigenvalue weighted by molar-refractivity contribution is 7.86. The first-order valence-electron chi connectivity index (χ1n) is 20.9. The Labute approximate surface area is 364 Å². The summed E-state index contributed by atoms with van der Waals surface area (Å²) in [6.45, 7) is 10.3. The summed E-state index contributed by atoms with van der Waals surface area (Å²) >= 11 is 0. The van der Waals surface area contributed by atoms with Gasteiger partial charge in [0.1, 0.15) is 11.4 Å². The minimum Gasteiger partial charge on any atom is -0.323 e. The van der Waals surface area contributed by atoms with Crippen molar-refractivity contribution in [1.29, 1.82) is 0 Å². The quantitative estimate of drug-likeness (QED) is 0.104. The third-order valence-electron chi connectivity index (χ3n) is 10.5. The van der Waals surface area contributed by atoms with Gasteiger partial charge in [-0.2, -0.15) is 10.2 Å². The van der Waals surface area contributed by atoms with Crippen LogP contribution in [-0.4, -0.2) is 66.8 Å². The molecular formula is C49H51N9O3S. The first-order valence-corrected chi connectivity index (χ1v) is 22.2. The Morgan fingerprint density at radius 2 is 1.11 bits per heavy atom. The fraction of sp³-hybridized carbons (Fsp3) is 0.265. The second-order valence-electron chi connectivity index (χ2n) is 16.1. The Morgan fingerprint density at radius 3 is 1.60 bits per heavy atom.